The maximum Gasteiger partial charge on any atom is 0.152 e. The van der Waals surface area contributed by atoms with E-state index in [1.165, 1.54) is 0 Å². The number of aldehydes is 1. The number of halogens is 1. The van der Waals surface area contributed by atoms with Crippen LogP contribution in [0, 0.1) is 6.92 Å². The van der Waals surface area contributed by atoms with Gasteiger partial charge in [-0.15, -0.1) is 0 Å². The molecule has 0 saturated heterocycles. The molecule has 0 aliphatic heterocycles. The first-order chi connectivity index (χ1) is 6.22. The van der Waals surface area contributed by atoms with Crippen molar-refractivity contribution >= 4 is 28.8 Å². The molecule has 1 aromatic carbocycles. The Kier molecular flexibility index (Phi) is 1.85. The topological polar surface area (TPSA) is 32.9 Å². The molecule has 1 aromatic heterocycles. The fourth-order valence-corrected chi connectivity index (χ4v) is 1.77. The molecule has 2 nitrogen and oxygen atoms in total. The van der Waals surface area contributed by atoms with Crippen LogP contribution in [-0.2, 0) is 0 Å². The third-order valence-electron chi connectivity index (χ3n) is 2.04. The predicted octanol–water partition coefficient (Wildman–Crippen LogP) is 2.94. The SMILES string of the molecule is Cc1cc(Cl)c2[nH]cc(C=O)c2c1. The standard InChI is InChI=1S/C10H8ClNO/c1-6-2-8-7(5-13)4-12-10(8)9(11)3-6/h2-5,12H,1H3. The summed E-state index contributed by atoms with van der Waals surface area (Å²) in [5.74, 6) is 0. The number of carbonyl (C=O) groups excluding carboxylic acids is 1. The first kappa shape index (κ1) is 8.32. The van der Waals surface area contributed by atoms with E-state index in [1.807, 2.05) is 19.1 Å². The van der Waals surface area contributed by atoms with Crippen LogP contribution in [0.4, 0.5) is 0 Å². The summed E-state index contributed by atoms with van der Waals surface area (Å²) in [6.07, 6.45) is 2.50. The van der Waals surface area contributed by atoms with Gasteiger partial charge in [0.15, 0.2) is 6.29 Å². The summed E-state index contributed by atoms with van der Waals surface area (Å²) in [5, 5.41) is 1.54. The van der Waals surface area contributed by atoms with Gasteiger partial charge in [0, 0.05) is 17.1 Å². The van der Waals surface area contributed by atoms with E-state index in [2.05, 4.69) is 4.98 Å². The molecule has 0 aliphatic rings. The molecule has 3 heteroatoms. The van der Waals surface area contributed by atoms with Gasteiger partial charge in [-0.25, -0.2) is 0 Å². The third-order valence-corrected chi connectivity index (χ3v) is 2.34. The highest BCUT2D eigenvalue weighted by molar-refractivity contribution is 6.35. The summed E-state index contributed by atoms with van der Waals surface area (Å²) < 4.78 is 0. The van der Waals surface area contributed by atoms with Crippen LogP contribution in [0.5, 0.6) is 0 Å². The molecule has 1 heterocycles. The molecule has 0 atom stereocenters. The Balaban J connectivity index is 2.89. The van der Waals surface area contributed by atoms with E-state index in [-0.39, 0.29) is 0 Å². The molecule has 2 rings (SSSR count). The zero-order valence-corrected chi connectivity index (χ0v) is 7.85. The van der Waals surface area contributed by atoms with Crippen molar-refractivity contribution in [3.63, 3.8) is 0 Å². The zero-order chi connectivity index (χ0) is 9.42. The Bertz CT molecular complexity index is 473. The average Bonchev–Trinajstić information content (AvgIpc) is 2.47. The van der Waals surface area contributed by atoms with Crippen molar-refractivity contribution in [1.82, 2.24) is 4.98 Å². The molecule has 0 fully saturated rings. The summed E-state index contributed by atoms with van der Waals surface area (Å²) in [6.45, 7) is 1.95. The molecular weight excluding hydrogens is 186 g/mol. The van der Waals surface area contributed by atoms with Crippen molar-refractivity contribution in [2.24, 2.45) is 0 Å². The minimum absolute atomic E-state index is 0.653. The van der Waals surface area contributed by atoms with Gasteiger partial charge in [0.1, 0.15) is 0 Å². The Labute approximate surface area is 80.5 Å². The van der Waals surface area contributed by atoms with Crippen LogP contribution in [0.15, 0.2) is 18.3 Å². The van der Waals surface area contributed by atoms with Gasteiger partial charge in [-0.3, -0.25) is 4.79 Å². The van der Waals surface area contributed by atoms with Crippen LogP contribution >= 0.6 is 11.6 Å². The lowest BCUT2D eigenvalue weighted by atomic mass is 10.1. The van der Waals surface area contributed by atoms with Crippen LogP contribution in [0.1, 0.15) is 15.9 Å². The fourth-order valence-electron chi connectivity index (χ4n) is 1.44. The van der Waals surface area contributed by atoms with Gasteiger partial charge in [0.2, 0.25) is 0 Å². The van der Waals surface area contributed by atoms with Crippen molar-refractivity contribution in [1.29, 1.82) is 0 Å². The third kappa shape index (κ3) is 1.23. The van der Waals surface area contributed by atoms with Crippen LogP contribution in [-0.4, -0.2) is 11.3 Å². The molecule has 0 radical (unpaired) electrons. The minimum Gasteiger partial charge on any atom is -0.359 e. The first-order valence-corrected chi connectivity index (χ1v) is 4.32. The Morgan fingerprint density at radius 2 is 2.23 bits per heavy atom. The molecule has 2 aromatic rings. The highest BCUT2D eigenvalue weighted by Crippen LogP contribution is 2.26. The Hall–Kier alpha value is -1.28. The quantitative estimate of drug-likeness (QED) is 0.694. The summed E-state index contributed by atoms with van der Waals surface area (Å²) in [5.41, 5.74) is 2.54. The van der Waals surface area contributed by atoms with E-state index in [0.717, 1.165) is 22.8 Å². The van der Waals surface area contributed by atoms with E-state index >= 15 is 0 Å². The van der Waals surface area contributed by atoms with Crippen molar-refractivity contribution in [2.75, 3.05) is 0 Å². The van der Waals surface area contributed by atoms with Crippen LogP contribution < -0.4 is 0 Å². The summed E-state index contributed by atoms with van der Waals surface area (Å²) in [6, 6.07) is 3.82. The van der Waals surface area contributed by atoms with E-state index in [9.17, 15) is 4.79 Å². The van der Waals surface area contributed by atoms with Gasteiger partial charge in [0.05, 0.1) is 10.5 Å². The van der Waals surface area contributed by atoms with Crippen molar-refractivity contribution < 1.29 is 4.79 Å². The van der Waals surface area contributed by atoms with Gasteiger partial charge >= 0.3 is 0 Å². The molecule has 13 heavy (non-hydrogen) atoms. The Morgan fingerprint density at radius 3 is 2.92 bits per heavy atom. The average molecular weight is 194 g/mol. The molecule has 0 amide bonds. The monoisotopic (exact) mass is 193 g/mol. The number of hydrogen-bond donors (Lipinski definition) is 1. The van der Waals surface area contributed by atoms with Gasteiger partial charge in [-0.1, -0.05) is 11.6 Å². The normalized spacial score (nSPS) is 10.6. The van der Waals surface area contributed by atoms with Crippen molar-refractivity contribution in [2.45, 2.75) is 6.92 Å². The zero-order valence-electron chi connectivity index (χ0n) is 7.10. The highest BCUT2D eigenvalue weighted by Gasteiger charge is 2.06. The molecule has 0 bridgehead atoms. The molecule has 0 spiro atoms. The van der Waals surface area contributed by atoms with Crippen LogP contribution in [0.25, 0.3) is 10.9 Å². The van der Waals surface area contributed by atoms with Gasteiger partial charge in [-0.05, 0) is 24.6 Å². The molecule has 1 N–H and O–H groups in total. The molecule has 66 valence electrons. The molecular formula is C10H8ClNO. The van der Waals surface area contributed by atoms with Gasteiger partial charge < -0.3 is 4.98 Å². The van der Waals surface area contributed by atoms with E-state index < -0.39 is 0 Å². The van der Waals surface area contributed by atoms with Crippen LogP contribution in [0.2, 0.25) is 5.02 Å². The lowest BCUT2D eigenvalue weighted by Crippen LogP contribution is -1.78. The maximum atomic E-state index is 10.6. The Morgan fingerprint density at radius 1 is 1.46 bits per heavy atom. The van der Waals surface area contributed by atoms with Crippen molar-refractivity contribution in [3.05, 3.63) is 34.5 Å². The number of benzene rings is 1. The maximum absolute atomic E-state index is 10.6. The first-order valence-electron chi connectivity index (χ1n) is 3.95. The molecule has 0 saturated carbocycles. The molecule has 0 aliphatic carbocycles. The largest absolute Gasteiger partial charge is 0.359 e. The summed E-state index contributed by atoms with van der Waals surface area (Å²) in [7, 11) is 0. The van der Waals surface area contributed by atoms with E-state index in [1.54, 1.807) is 6.20 Å². The van der Waals surface area contributed by atoms with E-state index in [0.29, 0.717) is 10.6 Å². The summed E-state index contributed by atoms with van der Waals surface area (Å²) >= 11 is 5.99. The second-order valence-electron chi connectivity index (χ2n) is 3.03. The fraction of sp³-hybridized carbons (Fsp3) is 0.100. The number of nitrogens with one attached hydrogen (secondary N) is 1. The van der Waals surface area contributed by atoms with Crippen LogP contribution in [0.3, 0.4) is 0 Å². The summed E-state index contributed by atoms with van der Waals surface area (Å²) in [4.78, 5) is 13.6. The lowest BCUT2D eigenvalue weighted by molar-refractivity contribution is 0.112. The number of hydrogen-bond acceptors (Lipinski definition) is 1. The number of aryl methyl sites for hydroxylation is 1. The van der Waals surface area contributed by atoms with Gasteiger partial charge in [0.25, 0.3) is 0 Å². The smallest absolute Gasteiger partial charge is 0.152 e. The minimum atomic E-state index is 0.653. The number of aromatic nitrogens is 1. The predicted molar refractivity (Wildman–Crippen MR) is 53.4 cm³/mol. The number of H-pyrrole nitrogens is 1. The number of carbonyl (C=O) groups is 1. The number of aromatic amines is 1. The van der Waals surface area contributed by atoms with E-state index in [4.69, 9.17) is 11.6 Å². The number of rotatable bonds is 1. The van der Waals surface area contributed by atoms with Crippen molar-refractivity contribution in [3.8, 4) is 0 Å². The second-order valence-corrected chi connectivity index (χ2v) is 3.44. The highest BCUT2D eigenvalue weighted by atomic mass is 35.5. The van der Waals surface area contributed by atoms with Gasteiger partial charge in [-0.2, -0.15) is 0 Å². The molecule has 0 unspecified atom stereocenters. The lowest BCUT2D eigenvalue weighted by Gasteiger charge is -1.97. The second kappa shape index (κ2) is 2.89. The number of fused-ring (bicyclic) bond motifs is 1.